The summed E-state index contributed by atoms with van der Waals surface area (Å²) in [4.78, 5) is 19.0. The molecule has 2 aliphatic heterocycles. The van der Waals surface area contributed by atoms with E-state index < -0.39 is 9.84 Å². The fourth-order valence-electron chi connectivity index (χ4n) is 4.30. The number of rotatable bonds is 2. The monoisotopic (exact) mass is 389 g/mol. The second-order valence-corrected chi connectivity index (χ2v) is 9.70. The SMILES string of the molecule is COc1ccc(NC(=O)N2CCCC3(CCS(=O)(=O)C3)C2)c2cccnc12. The molecule has 4 rings (SSSR count). The van der Waals surface area contributed by atoms with Gasteiger partial charge < -0.3 is 15.0 Å². The van der Waals surface area contributed by atoms with Crippen LogP contribution in [0.15, 0.2) is 30.5 Å². The van der Waals surface area contributed by atoms with Crippen molar-refractivity contribution < 1.29 is 17.9 Å². The number of nitrogens with zero attached hydrogens (tertiary/aromatic N) is 2. The van der Waals surface area contributed by atoms with Crippen LogP contribution in [0.3, 0.4) is 0 Å². The molecule has 2 fully saturated rings. The fraction of sp³-hybridized carbons (Fsp3) is 0.474. The van der Waals surface area contributed by atoms with Gasteiger partial charge in [-0.25, -0.2) is 13.2 Å². The van der Waals surface area contributed by atoms with Gasteiger partial charge in [0.2, 0.25) is 0 Å². The maximum atomic E-state index is 12.9. The van der Waals surface area contributed by atoms with Crippen LogP contribution in [0.4, 0.5) is 10.5 Å². The number of sulfone groups is 1. The maximum Gasteiger partial charge on any atom is 0.321 e. The molecule has 7 nitrogen and oxygen atoms in total. The summed E-state index contributed by atoms with van der Waals surface area (Å²) >= 11 is 0. The highest BCUT2D eigenvalue weighted by Gasteiger charge is 2.45. The molecule has 0 saturated carbocycles. The molecule has 1 atom stereocenters. The van der Waals surface area contributed by atoms with E-state index in [9.17, 15) is 13.2 Å². The van der Waals surface area contributed by atoms with E-state index in [1.807, 2.05) is 12.1 Å². The molecular weight excluding hydrogens is 366 g/mol. The molecule has 2 aromatic rings. The third-order valence-electron chi connectivity index (χ3n) is 5.61. The first-order valence-electron chi connectivity index (χ1n) is 9.10. The minimum atomic E-state index is -2.98. The maximum absolute atomic E-state index is 12.9. The zero-order chi connectivity index (χ0) is 19.1. The zero-order valence-corrected chi connectivity index (χ0v) is 16.1. The quantitative estimate of drug-likeness (QED) is 0.853. The van der Waals surface area contributed by atoms with Gasteiger partial charge in [0.1, 0.15) is 11.3 Å². The van der Waals surface area contributed by atoms with E-state index in [4.69, 9.17) is 4.74 Å². The van der Waals surface area contributed by atoms with Crippen LogP contribution >= 0.6 is 0 Å². The highest BCUT2D eigenvalue weighted by atomic mass is 32.2. The third kappa shape index (κ3) is 3.45. The van der Waals surface area contributed by atoms with Crippen molar-refractivity contribution in [3.63, 3.8) is 0 Å². The largest absolute Gasteiger partial charge is 0.494 e. The Kier molecular flexibility index (Phi) is 4.46. The summed E-state index contributed by atoms with van der Waals surface area (Å²) in [5.41, 5.74) is 1.08. The summed E-state index contributed by atoms with van der Waals surface area (Å²) in [7, 11) is -1.39. The number of nitrogens with one attached hydrogen (secondary N) is 1. The van der Waals surface area contributed by atoms with E-state index in [0.717, 1.165) is 18.2 Å². The summed E-state index contributed by atoms with van der Waals surface area (Å²) in [5.74, 6) is 1.08. The summed E-state index contributed by atoms with van der Waals surface area (Å²) < 4.78 is 29.2. The van der Waals surface area contributed by atoms with Gasteiger partial charge >= 0.3 is 6.03 Å². The number of pyridine rings is 1. The van der Waals surface area contributed by atoms with Crippen LogP contribution in [0.25, 0.3) is 10.9 Å². The summed E-state index contributed by atoms with van der Waals surface area (Å²) in [6, 6.07) is 7.10. The molecular formula is C19H23N3O4S. The van der Waals surface area contributed by atoms with Crippen LogP contribution in [0, 0.1) is 5.41 Å². The number of aromatic nitrogens is 1. The molecule has 1 spiro atoms. The number of amides is 2. The molecule has 1 aromatic carbocycles. The van der Waals surface area contributed by atoms with Crippen molar-refractivity contribution in [1.82, 2.24) is 9.88 Å². The Balaban J connectivity index is 1.55. The van der Waals surface area contributed by atoms with Crippen LogP contribution in [-0.4, -0.2) is 56.0 Å². The number of methoxy groups -OCH3 is 1. The van der Waals surface area contributed by atoms with Gasteiger partial charge in [0, 0.05) is 30.1 Å². The molecule has 0 aliphatic carbocycles. The van der Waals surface area contributed by atoms with Crippen LogP contribution < -0.4 is 10.1 Å². The number of hydrogen-bond acceptors (Lipinski definition) is 5. The number of fused-ring (bicyclic) bond motifs is 1. The lowest BCUT2D eigenvalue weighted by atomic mass is 9.80. The third-order valence-corrected chi connectivity index (χ3v) is 7.49. The number of anilines is 1. The number of likely N-dealkylation sites (tertiary alicyclic amines) is 1. The minimum Gasteiger partial charge on any atom is -0.494 e. The normalized spacial score (nSPS) is 24.3. The molecule has 1 N–H and O–H groups in total. The highest BCUT2D eigenvalue weighted by molar-refractivity contribution is 7.91. The average molecular weight is 389 g/mol. The van der Waals surface area contributed by atoms with Gasteiger partial charge in [-0.05, 0) is 43.5 Å². The Labute approximate surface area is 158 Å². The number of piperidine rings is 1. The standard InChI is InChI=1S/C19H23N3O4S/c1-26-16-6-5-15(14-4-2-9-20-17(14)16)21-18(23)22-10-3-7-19(12-22)8-11-27(24,25)13-19/h2,4-6,9H,3,7-8,10-13H2,1H3,(H,21,23). The van der Waals surface area contributed by atoms with Crippen molar-refractivity contribution in [2.75, 3.05) is 37.0 Å². The molecule has 2 saturated heterocycles. The Morgan fingerprint density at radius 2 is 2.15 bits per heavy atom. The van der Waals surface area contributed by atoms with Gasteiger partial charge in [-0.15, -0.1) is 0 Å². The average Bonchev–Trinajstić information content (AvgIpc) is 2.96. The first-order chi connectivity index (χ1) is 12.9. The molecule has 3 heterocycles. The van der Waals surface area contributed by atoms with Crippen molar-refractivity contribution in [2.24, 2.45) is 5.41 Å². The van der Waals surface area contributed by atoms with E-state index in [0.29, 0.717) is 36.5 Å². The fourth-order valence-corrected chi connectivity index (χ4v) is 6.50. The first-order valence-corrected chi connectivity index (χ1v) is 10.9. The number of carbonyl (C=O) groups excluding carboxylic acids is 1. The van der Waals surface area contributed by atoms with Crippen molar-refractivity contribution in [1.29, 1.82) is 0 Å². The van der Waals surface area contributed by atoms with Gasteiger partial charge in [0.25, 0.3) is 0 Å². The molecule has 27 heavy (non-hydrogen) atoms. The lowest BCUT2D eigenvalue weighted by Gasteiger charge is -2.39. The van der Waals surface area contributed by atoms with Gasteiger partial charge in [-0.2, -0.15) is 0 Å². The minimum absolute atomic E-state index is 0.194. The van der Waals surface area contributed by atoms with Crippen LogP contribution in [0.1, 0.15) is 19.3 Å². The Morgan fingerprint density at radius 1 is 1.30 bits per heavy atom. The van der Waals surface area contributed by atoms with Gasteiger partial charge in [-0.3, -0.25) is 4.98 Å². The van der Waals surface area contributed by atoms with Gasteiger partial charge in [0.15, 0.2) is 9.84 Å². The second-order valence-electron chi connectivity index (χ2n) is 7.51. The molecule has 2 amide bonds. The van der Waals surface area contributed by atoms with Crippen LogP contribution in [0.2, 0.25) is 0 Å². The Morgan fingerprint density at radius 3 is 2.89 bits per heavy atom. The molecule has 8 heteroatoms. The molecule has 1 aromatic heterocycles. The number of ether oxygens (including phenoxy) is 1. The second kappa shape index (κ2) is 6.67. The number of hydrogen-bond donors (Lipinski definition) is 1. The lowest BCUT2D eigenvalue weighted by molar-refractivity contribution is 0.130. The van der Waals surface area contributed by atoms with Crippen molar-refractivity contribution in [2.45, 2.75) is 19.3 Å². The number of benzene rings is 1. The molecule has 1 unspecified atom stereocenters. The Bertz CT molecular complexity index is 992. The predicted molar refractivity (Wildman–Crippen MR) is 104 cm³/mol. The Hall–Kier alpha value is -2.35. The van der Waals surface area contributed by atoms with Gasteiger partial charge in [-0.1, -0.05) is 0 Å². The number of carbonyl (C=O) groups is 1. The number of urea groups is 1. The van der Waals surface area contributed by atoms with Crippen LogP contribution in [-0.2, 0) is 9.84 Å². The smallest absolute Gasteiger partial charge is 0.321 e. The topological polar surface area (TPSA) is 88.6 Å². The summed E-state index contributed by atoms with van der Waals surface area (Å²) in [6.45, 7) is 1.13. The van der Waals surface area contributed by atoms with E-state index in [2.05, 4.69) is 10.3 Å². The molecule has 144 valence electrons. The molecule has 0 radical (unpaired) electrons. The summed E-state index contributed by atoms with van der Waals surface area (Å²) in [5, 5.41) is 3.78. The molecule has 2 aliphatic rings. The van der Waals surface area contributed by atoms with Crippen molar-refractivity contribution in [3.05, 3.63) is 30.5 Å². The molecule has 0 bridgehead atoms. The van der Waals surface area contributed by atoms with E-state index in [1.54, 1.807) is 30.3 Å². The lowest BCUT2D eigenvalue weighted by Crippen LogP contribution is -2.48. The van der Waals surface area contributed by atoms with Crippen molar-refractivity contribution in [3.8, 4) is 5.75 Å². The van der Waals surface area contributed by atoms with Crippen LogP contribution in [0.5, 0.6) is 5.75 Å². The van der Waals surface area contributed by atoms with Gasteiger partial charge in [0.05, 0.1) is 24.3 Å². The predicted octanol–water partition coefficient (Wildman–Crippen LogP) is 2.68. The van der Waals surface area contributed by atoms with Crippen molar-refractivity contribution >= 4 is 32.5 Å². The first kappa shape index (κ1) is 18.0. The zero-order valence-electron chi connectivity index (χ0n) is 15.3. The van der Waals surface area contributed by atoms with E-state index in [1.165, 1.54) is 0 Å². The van der Waals surface area contributed by atoms with E-state index >= 15 is 0 Å². The summed E-state index contributed by atoms with van der Waals surface area (Å²) in [6.07, 6.45) is 4.03. The highest BCUT2D eigenvalue weighted by Crippen LogP contribution is 2.40. The van der Waals surface area contributed by atoms with E-state index in [-0.39, 0.29) is 23.0 Å².